The Labute approximate surface area is 30.1 Å². The zero-order valence-corrected chi connectivity index (χ0v) is 2.62. The quantitative estimate of drug-likeness (QED) is 0.423. The van der Waals surface area contributed by atoms with Crippen molar-refractivity contribution in [2.45, 2.75) is 0 Å². The second-order valence-corrected chi connectivity index (χ2v) is 0.100. The number of aliphatic hydroxyl groups excluding tert-OH is 1. The number of hydrogen-bond acceptors (Lipinski definition) is 2. The average molecular weight is 79.5 g/mol. The predicted octanol–water partition coefficient (Wildman–Crippen LogP) is 0.262. The van der Waals surface area contributed by atoms with Crippen molar-refractivity contribution in [2.24, 2.45) is 0 Å². The first kappa shape index (κ1) is 9.55. The molecule has 0 amide bonds. The van der Waals surface area contributed by atoms with Crippen molar-refractivity contribution in [3.05, 3.63) is 0 Å². The molecule has 0 aliphatic carbocycles. The van der Waals surface area contributed by atoms with E-state index in [-0.39, 0.29) is 12.4 Å². The summed E-state index contributed by atoms with van der Waals surface area (Å²) in [6.45, 7) is 0. The van der Waals surface area contributed by atoms with Crippen LogP contribution in [0.5, 0.6) is 0 Å². The lowest BCUT2D eigenvalue weighted by molar-refractivity contribution is 0.503. The fourth-order valence-electron chi connectivity index (χ4n) is 0. The first-order valence-corrected chi connectivity index (χ1v) is 0.447. The molecule has 0 spiro atoms. The Morgan fingerprint density at radius 3 is 1.75 bits per heavy atom. The normalized spacial score (nSPS) is 1.75. The molecule has 0 atom stereocenters. The predicted molar refractivity (Wildman–Crippen MR) is 14.8 cm³/mol. The van der Waals surface area contributed by atoms with Gasteiger partial charge in [-0.05, 0) is 0 Å². The van der Waals surface area contributed by atoms with Crippen molar-refractivity contribution in [2.75, 3.05) is 0 Å². The Balaban J connectivity index is 0. The second-order valence-electron chi connectivity index (χ2n) is 0.100. The summed E-state index contributed by atoms with van der Waals surface area (Å²) in [6, 6.07) is 0. The maximum absolute atomic E-state index is 6.88. The van der Waals surface area contributed by atoms with Gasteiger partial charge in [-0.15, -0.1) is 12.4 Å². The van der Waals surface area contributed by atoms with Crippen LogP contribution < -0.4 is 0 Å². The average Bonchev–Trinajstić information content (AvgIpc) is 0.918. The molecule has 0 aromatic carbocycles. The van der Waals surface area contributed by atoms with Crippen molar-refractivity contribution in [1.29, 1.82) is 5.26 Å². The van der Waals surface area contributed by atoms with Crippen LogP contribution in [0.25, 0.3) is 0 Å². The Morgan fingerprint density at radius 2 is 1.75 bits per heavy atom. The molecular weight excluding hydrogens is 77.5 g/mol. The summed E-state index contributed by atoms with van der Waals surface area (Å²) >= 11 is 0. The number of nitrogens with zero attached hydrogens (tertiary/aromatic N) is 1. The summed E-state index contributed by atoms with van der Waals surface area (Å²) in [5.74, 6) is 0. The third-order valence-corrected chi connectivity index (χ3v) is 0. The van der Waals surface area contributed by atoms with Crippen molar-refractivity contribution >= 4 is 12.4 Å². The molecule has 0 aliphatic heterocycles. The summed E-state index contributed by atoms with van der Waals surface area (Å²) < 4.78 is 0. The third kappa shape index (κ3) is 3.01. The van der Waals surface area contributed by atoms with Gasteiger partial charge in [0.25, 0.3) is 6.26 Å². The topological polar surface area (TPSA) is 44.0 Å². The summed E-state index contributed by atoms with van der Waals surface area (Å²) in [4.78, 5) is 0. The number of nitriles is 1. The van der Waals surface area contributed by atoms with E-state index in [0.29, 0.717) is 0 Å². The largest absolute Gasteiger partial charge is 0.443 e. The number of aliphatic hydroxyl groups is 1. The van der Waals surface area contributed by atoms with Gasteiger partial charge in [-0.3, -0.25) is 0 Å². The minimum Gasteiger partial charge on any atom is -0.443 e. The molecule has 0 saturated heterocycles. The molecule has 1 N–H and O–H groups in total. The maximum Gasteiger partial charge on any atom is 0.283 e. The van der Waals surface area contributed by atoms with E-state index >= 15 is 0 Å². The van der Waals surface area contributed by atoms with Crippen LogP contribution in [0.15, 0.2) is 0 Å². The molecule has 0 fully saturated rings. The van der Waals surface area contributed by atoms with Crippen LogP contribution in [-0.2, 0) is 0 Å². The lowest BCUT2D eigenvalue weighted by Crippen LogP contribution is -1.27. The minimum atomic E-state index is 0. The fraction of sp³-hybridized carbons (Fsp3) is 0. The Kier molecular flexibility index (Phi) is 45.7. The molecule has 4 heavy (non-hydrogen) atoms. The van der Waals surface area contributed by atoms with Crippen molar-refractivity contribution in [3.8, 4) is 6.26 Å². The van der Waals surface area contributed by atoms with Gasteiger partial charge >= 0.3 is 0 Å². The summed E-state index contributed by atoms with van der Waals surface area (Å²) in [5, 5.41) is 13.8. The lowest BCUT2D eigenvalue weighted by Gasteiger charge is -1.25. The lowest BCUT2D eigenvalue weighted by atomic mass is 11.6. The van der Waals surface area contributed by atoms with E-state index in [4.69, 9.17) is 10.4 Å². The van der Waals surface area contributed by atoms with Crippen LogP contribution in [0.3, 0.4) is 0 Å². The van der Waals surface area contributed by atoms with Crippen LogP contribution in [0.2, 0.25) is 0 Å². The third-order valence-electron chi connectivity index (χ3n) is 0. The first-order chi connectivity index (χ1) is 1.41. The van der Waals surface area contributed by atoms with Gasteiger partial charge < -0.3 is 5.11 Å². The molecule has 0 unspecified atom stereocenters. The van der Waals surface area contributed by atoms with E-state index in [2.05, 4.69) is 0 Å². The number of halogens is 1. The van der Waals surface area contributed by atoms with Gasteiger partial charge in [-0.1, -0.05) is 0 Å². The molecule has 0 bridgehead atoms. The van der Waals surface area contributed by atoms with E-state index in [1.807, 2.05) is 0 Å². The zero-order valence-electron chi connectivity index (χ0n) is 1.80. The molecule has 0 heterocycles. The highest BCUT2D eigenvalue weighted by molar-refractivity contribution is 5.85. The number of rotatable bonds is 0. The zero-order chi connectivity index (χ0) is 2.71. The van der Waals surface area contributed by atoms with Gasteiger partial charge in [0, 0.05) is 0 Å². The van der Waals surface area contributed by atoms with Gasteiger partial charge in [-0.2, -0.15) is 5.26 Å². The van der Waals surface area contributed by atoms with Gasteiger partial charge in [-0.25, -0.2) is 0 Å². The smallest absolute Gasteiger partial charge is 0.283 e. The van der Waals surface area contributed by atoms with Crippen LogP contribution in [-0.4, -0.2) is 5.11 Å². The molecule has 0 saturated carbocycles. The van der Waals surface area contributed by atoms with E-state index in [1.54, 1.807) is 0 Å². The second kappa shape index (κ2) is 19.1. The van der Waals surface area contributed by atoms with Gasteiger partial charge in [0.2, 0.25) is 0 Å². The summed E-state index contributed by atoms with van der Waals surface area (Å²) in [6.07, 6.45) is 0.750. The number of hydrogen-bond donors (Lipinski definition) is 1. The van der Waals surface area contributed by atoms with E-state index < -0.39 is 0 Å². The maximum atomic E-state index is 6.88. The van der Waals surface area contributed by atoms with Crippen molar-refractivity contribution < 1.29 is 5.11 Å². The molecule has 24 valence electrons. The van der Waals surface area contributed by atoms with E-state index in [1.165, 1.54) is 0 Å². The van der Waals surface area contributed by atoms with Gasteiger partial charge in [0.1, 0.15) is 0 Å². The highest BCUT2D eigenvalue weighted by Gasteiger charge is 1.16. The molecule has 0 rings (SSSR count). The summed E-state index contributed by atoms with van der Waals surface area (Å²) in [5.41, 5.74) is 0. The van der Waals surface area contributed by atoms with Gasteiger partial charge in [0.05, 0.1) is 0 Å². The minimum absolute atomic E-state index is 0. The van der Waals surface area contributed by atoms with E-state index in [0.717, 1.165) is 6.26 Å². The van der Waals surface area contributed by atoms with Gasteiger partial charge in [0.15, 0.2) is 0 Å². The molecule has 2 nitrogen and oxygen atoms in total. The molecule has 0 aliphatic rings. The molecular formula is CH2ClNO. The SMILES string of the molecule is Cl.N#CO. The summed E-state index contributed by atoms with van der Waals surface area (Å²) in [7, 11) is 0. The molecule has 0 radical (unpaired) electrons. The van der Waals surface area contributed by atoms with E-state index in [9.17, 15) is 0 Å². The molecule has 0 aromatic heterocycles. The molecule has 0 aromatic rings. The first-order valence-electron chi connectivity index (χ1n) is 0.447. The highest BCUT2D eigenvalue weighted by Crippen LogP contribution is 1.06. The van der Waals surface area contributed by atoms with Crippen LogP contribution >= 0.6 is 12.4 Å². The highest BCUT2D eigenvalue weighted by atomic mass is 35.5. The molecule has 3 heteroatoms. The fourth-order valence-corrected chi connectivity index (χ4v) is 0. The Hall–Kier alpha value is -0.420. The van der Waals surface area contributed by atoms with Crippen LogP contribution in [0.1, 0.15) is 0 Å². The Bertz CT molecular complexity index is 29.5. The van der Waals surface area contributed by atoms with Crippen LogP contribution in [0, 0.1) is 11.5 Å². The van der Waals surface area contributed by atoms with Crippen LogP contribution in [0.4, 0.5) is 0 Å². The monoisotopic (exact) mass is 79.0 g/mol. The Morgan fingerprint density at radius 1 is 1.75 bits per heavy atom. The standard InChI is InChI=1S/CHNO.ClH/c2-1-3;/h3H;1H. The van der Waals surface area contributed by atoms with Crippen molar-refractivity contribution in [1.82, 2.24) is 0 Å². The van der Waals surface area contributed by atoms with Crippen molar-refractivity contribution in [3.63, 3.8) is 0 Å².